The van der Waals surface area contributed by atoms with E-state index in [1.54, 1.807) is 38.5 Å². The monoisotopic (exact) mass is 293 g/mol. The Kier molecular flexibility index (Phi) is 6.80. The summed E-state index contributed by atoms with van der Waals surface area (Å²) in [6, 6.07) is 5.29. The van der Waals surface area contributed by atoms with E-state index in [0.717, 1.165) is 5.56 Å². The number of carbonyl (C=O) groups is 2. The Morgan fingerprint density at radius 1 is 1.19 bits per heavy atom. The quantitative estimate of drug-likeness (QED) is 0.607. The van der Waals surface area contributed by atoms with Gasteiger partial charge in [0, 0.05) is 18.2 Å². The van der Waals surface area contributed by atoms with Gasteiger partial charge in [0.2, 0.25) is 5.91 Å². The Morgan fingerprint density at radius 2 is 1.95 bits per heavy atom. The third-order valence-corrected chi connectivity index (χ3v) is 2.71. The lowest BCUT2D eigenvalue weighted by Gasteiger charge is -2.07. The van der Waals surface area contributed by atoms with Crippen LogP contribution in [0.15, 0.2) is 24.3 Å². The number of esters is 1. The minimum absolute atomic E-state index is 0.137. The van der Waals surface area contributed by atoms with Gasteiger partial charge in [0.05, 0.1) is 27.8 Å². The molecule has 0 saturated heterocycles. The van der Waals surface area contributed by atoms with E-state index in [-0.39, 0.29) is 24.8 Å². The molecule has 0 heterocycles. The molecule has 0 aromatic heterocycles. The van der Waals surface area contributed by atoms with E-state index in [4.69, 9.17) is 9.47 Å². The first-order valence-corrected chi connectivity index (χ1v) is 6.35. The van der Waals surface area contributed by atoms with Crippen molar-refractivity contribution >= 4 is 18.0 Å². The van der Waals surface area contributed by atoms with Crippen LogP contribution in [-0.2, 0) is 14.3 Å². The van der Waals surface area contributed by atoms with Gasteiger partial charge in [-0.05, 0) is 24.3 Å². The van der Waals surface area contributed by atoms with Crippen molar-refractivity contribution in [1.29, 1.82) is 0 Å². The highest BCUT2D eigenvalue weighted by atomic mass is 16.5. The van der Waals surface area contributed by atoms with E-state index in [9.17, 15) is 9.59 Å². The lowest BCUT2D eigenvalue weighted by atomic mass is 10.1. The SMILES string of the molecule is COC(=O)CCNC(=O)/C=C/c1cc(OC)ccc1OC. The molecule has 1 rings (SSSR count). The Morgan fingerprint density at radius 3 is 2.57 bits per heavy atom. The Bertz CT molecular complexity index is 525. The van der Waals surface area contributed by atoms with Gasteiger partial charge in [0.1, 0.15) is 11.5 Å². The number of benzene rings is 1. The minimum atomic E-state index is -0.367. The summed E-state index contributed by atoms with van der Waals surface area (Å²) >= 11 is 0. The van der Waals surface area contributed by atoms with Gasteiger partial charge in [-0.15, -0.1) is 0 Å². The van der Waals surface area contributed by atoms with E-state index in [1.165, 1.54) is 13.2 Å². The molecule has 1 aromatic carbocycles. The summed E-state index contributed by atoms with van der Waals surface area (Å²) in [5.74, 6) is 0.633. The smallest absolute Gasteiger partial charge is 0.307 e. The number of methoxy groups -OCH3 is 3. The summed E-state index contributed by atoms with van der Waals surface area (Å²) in [6.07, 6.45) is 3.13. The zero-order valence-corrected chi connectivity index (χ0v) is 12.3. The number of ether oxygens (including phenoxy) is 3. The summed E-state index contributed by atoms with van der Waals surface area (Å²) < 4.78 is 14.8. The van der Waals surface area contributed by atoms with Gasteiger partial charge >= 0.3 is 5.97 Å². The van der Waals surface area contributed by atoms with Crippen LogP contribution in [0.25, 0.3) is 6.08 Å². The van der Waals surface area contributed by atoms with Gasteiger partial charge < -0.3 is 19.5 Å². The lowest BCUT2D eigenvalue weighted by Crippen LogP contribution is -2.24. The van der Waals surface area contributed by atoms with Gasteiger partial charge in [-0.25, -0.2) is 0 Å². The van der Waals surface area contributed by atoms with Crippen LogP contribution in [0, 0.1) is 0 Å². The molecule has 114 valence electrons. The second-order valence-corrected chi connectivity index (χ2v) is 4.06. The van der Waals surface area contributed by atoms with Crippen LogP contribution in [-0.4, -0.2) is 39.8 Å². The van der Waals surface area contributed by atoms with Crippen molar-refractivity contribution in [2.24, 2.45) is 0 Å². The fourth-order valence-electron chi connectivity index (χ4n) is 1.58. The Balaban J connectivity index is 2.62. The molecule has 0 unspecified atom stereocenters. The standard InChI is InChI=1S/C15H19NO5/c1-19-12-5-6-13(20-2)11(10-12)4-7-14(17)16-9-8-15(18)21-3/h4-7,10H,8-9H2,1-3H3,(H,16,17)/b7-4+. The molecule has 6 heteroatoms. The van der Waals surface area contributed by atoms with Gasteiger partial charge in [0.15, 0.2) is 0 Å². The maximum Gasteiger partial charge on any atom is 0.307 e. The van der Waals surface area contributed by atoms with E-state index in [0.29, 0.717) is 11.5 Å². The zero-order chi connectivity index (χ0) is 15.7. The average molecular weight is 293 g/mol. The summed E-state index contributed by atoms with van der Waals surface area (Å²) in [5.41, 5.74) is 0.722. The van der Waals surface area contributed by atoms with Crippen molar-refractivity contribution in [3.05, 3.63) is 29.8 Å². The van der Waals surface area contributed by atoms with E-state index in [1.807, 2.05) is 0 Å². The summed E-state index contributed by atoms with van der Waals surface area (Å²) in [5, 5.41) is 2.59. The van der Waals surface area contributed by atoms with Crippen LogP contribution in [0.1, 0.15) is 12.0 Å². The third kappa shape index (κ3) is 5.56. The number of nitrogens with one attached hydrogen (secondary N) is 1. The van der Waals surface area contributed by atoms with Crippen molar-refractivity contribution in [1.82, 2.24) is 5.32 Å². The summed E-state index contributed by atoms with van der Waals surface area (Å²) in [6.45, 7) is 0.227. The fourth-order valence-corrected chi connectivity index (χ4v) is 1.58. The molecule has 0 aliphatic rings. The molecule has 0 atom stereocenters. The highest BCUT2D eigenvalue weighted by molar-refractivity contribution is 5.92. The normalized spacial score (nSPS) is 10.2. The first kappa shape index (κ1) is 16.6. The highest BCUT2D eigenvalue weighted by Gasteiger charge is 2.04. The van der Waals surface area contributed by atoms with Gasteiger partial charge in [-0.3, -0.25) is 9.59 Å². The van der Waals surface area contributed by atoms with Crippen LogP contribution in [0.5, 0.6) is 11.5 Å². The number of rotatable bonds is 7. The van der Waals surface area contributed by atoms with Crippen LogP contribution < -0.4 is 14.8 Å². The second-order valence-electron chi connectivity index (χ2n) is 4.06. The van der Waals surface area contributed by atoms with E-state index < -0.39 is 0 Å². The van der Waals surface area contributed by atoms with E-state index in [2.05, 4.69) is 10.1 Å². The number of hydrogen-bond acceptors (Lipinski definition) is 5. The number of hydrogen-bond donors (Lipinski definition) is 1. The first-order valence-electron chi connectivity index (χ1n) is 6.35. The summed E-state index contributed by atoms with van der Waals surface area (Å²) in [4.78, 5) is 22.5. The molecule has 0 aliphatic heterocycles. The summed E-state index contributed by atoms with van der Waals surface area (Å²) in [7, 11) is 4.42. The van der Waals surface area contributed by atoms with Gasteiger partial charge in [-0.2, -0.15) is 0 Å². The van der Waals surface area contributed by atoms with Gasteiger partial charge in [-0.1, -0.05) is 0 Å². The molecule has 1 aromatic rings. The van der Waals surface area contributed by atoms with Crippen molar-refractivity contribution in [2.75, 3.05) is 27.9 Å². The van der Waals surface area contributed by atoms with E-state index >= 15 is 0 Å². The maximum atomic E-state index is 11.6. The molecule has 0 bridgehead atoms. The molecule has 21 heavy (non-hydrogen) atoms. The number of amides is 1. The van der Waals surface area contributed by atoms with Crippen LogP contribution in [0.4, 0.5) is 0 Å². The van der Waals surface area contributed by atoms with Crippen molar-refractivity contribution < 1.29 is 23.8 Å². The van der Waals surface area contributed by atoms with Crippen molar-refractivity contribution in [2.45, 2.75) is 6.42 Å². The molecular formula is C15H19NO5. The fraction of sp³-hybridized carbons (Fsp3) is 0.333. The van der Waals surface area contributed by atoms with Gasteiger partial charge in [0.25, 0.3) is 0 Å². The van der Waals surface area contributed by atoms with Crippen molar-refractivity contribution in [3.63, 3.8) is 0 Å². The molecule has 0 fully saturated rings. The second kappa shape index (κ2) is 8.63. The molecule has 1 N–H and O–H groups in total. The molecule has 0 saturated carbocycles. The van der Waals surface area contributed by atoms with Crippen LogP contribution in [0.3, 0.4) is 0 Å². The lowest BCUT2D eigenvalue weighted by molar-refractivity contribution is -0.140. The Labute approximate surface area is 123 Å². The molecule has 0 aliphatic carbocycles. The first-order chi connectivity index (χ1) is 10.1. The molecule has 0 radical (unpaired) electrons. The predicted molar refractivity (Wildman–Crippen MR) is 78.2 cm³/mol. The number of carbonyl (C=O) groups excluding carboxylic acids is 2. The average Bonchev–Trinajstić information content (AvgIpc) is 2.52. The molecule has 6 nitrogen and oxygen atoms in total. The van der Waals surface area contributed by atoms with Crippen molar-refractivity contribution in [3.8, 4) is 11.5 Å². The predicted octanol–water partition coefficient (Wildman–Crippen LogP) is 1.40. The molecule has 0 spiro atoms. The molecular weight excluding hydrogens is 274 g/mol. The Hall–Kier alpha value is -2.50. The van der Waals surface area contributed by atoms with Crippen LogP contribution in [0.2, 0.25) is 0 Å². The van der Waals surface area contributed by atoms with Crippen LogP contribution >= 0.6 is 0 Å². The highest BCUT2D eigenvalue weighted by Crippen LogP contribution is 2.24. The third-order valence-electron chi connectivity index (χ3n) is 2.71. The molecule has 1 amide bonds. The maximum absolute atomic E-state index is 11.6. The zero-order valence-electron chi connectivity index (χ0n) is 12.3. The largest absolute Gasteiger partial charge is 0.497 e. The topological polar surface area (TPSA) is 73.9 Å². The minimum Gasteiger partial charge on any atom is -0.497 e.